The lowest BCUT2D eigenvalue weighted by Gasteiger charge is -1.97. The number of ether oxygens (including phenoxy) is 2. The fourth-order valence-corrected chi connectivity index (χ4v) is 0.537. The summed E-state index contributed by atoms with van der Waals surface area (Å²) < 4.78 is 9.49. The highest BCUT2D eigenvalue weighted by atomic mass is 16.5. The van der Waals surface area contributed by atoms with Gasteiger partial charge in [0.15, 0.2) is 0 Å². The lowest BCUT2D eigenvalue weighted by Crippen LogP contribution is -1.96. The second-order valence-electron chi connectivity index (χ2n) is 2.84. The average molecular weight is 226 g/mol. The van der Waals surface area contributed by atoms with Gasteiger partial charge < -0.3 is 9.47 Å². The van der Waals surface area contributed by atoms with Crippen molar-refractivity contribution in [2.45, 2.75) is 56.9 Å². The van der Waals surface area contributed by atoms with Crippen LogP contribution >= 0.6 is 0 Å². The predicted octanol–water partition coefficient (Wildman–Crippen LogP) is 4.88. The third kappa shape index (κ3) is 81.7. The standard InChI is InChI=1S/C5H12O.C4H10O.4CH4/c1-5(2)4-6-3;1-3-4-5-2;;;;/h5H,4H2,1-3H3;3-4H2,1-2H3;4*1H4. The Hall–Kier alpha value is -0.0800. The van der Waals surface area contributed by atoms with Gasteiger partial charge in [-0.3, -0.25) is 0 Å². The number of hydrogen-bond donors (Lipinski definition) is 0. The predicted molar refractivity (Wildman–Crippen MR) is 75.8 cm³/mol. The topological polar surface area (TPSA) is 18.5 Å². The van der Waals surface area contributed by atoms with Crippen molar-refractivity contribution < 1.29 is 9.47 Å². The molecule has 15 heavy (non-hydrogen) atoms. The molecule has 0 fully saturated rings. The Morgan fingerprint density at radius 1 is 0.867 bits per heavy atom. The lowest BCUT2D eigenvalue weighted by molar-refractivity contribution is 0.167. The maximum absolute atomic E-state index is 4.80. The van der Waals surface area contributed by atoms with Gasteiger partial charge in [0.2, 0.25) is 0 Å². The SMILES string of the molecule is C.C.C.C.CCCOC.COCC(C)C. The van der Waals surface area contributed by atoms with Crippen LogP contribution in [0.5, 0.6) is 0 Å². The summed E-state index contributed by atoms with van der Waals surface area (Å²) in [5.41, 5.74) is 0. The maximum atomic E-state index is 4.80. The molecule has 2 heteroatoms. The Morgan fingerprint density at radius 3 is 1.27 bits per heavy atom. The molecule has 0 unspecified atom stereocenters. The van der Waals surface area contributed by atoms with E-state index < -0.39 is 0 Å². The van der Waals surface area contributed by atoms with Crippen molar-refractivity contribution in [2.75, 3.05) is 27.4 Å². The summed E-state index contributed by atoms with van der Waals surface area (Å²) in [6.07, 6.45) is 1.12. The normalized spacial score (nSPS) is 6.80. The van der Waals surface area contributed by atoms with Crippen molar-refractivity contribution >= 4 is 0 Å². The van der Waals surface area contributed by atoms with Crippen LogP contribution in [0.1, 0.15) is 56.9 Å². The quantitative estimate of drug-likeness (QED) is 0.680. The summed E-state index contributed by atoms with van der Waals surface area (Å²) in [5.74, 6) is 0.676. The van der Waals surface area contributed by atoms with Crippen LogP contribution < -0.4 is 0 Å². The van der Waals surface area contributed by atoms with E-state index in [0.717, 1.165) is 19.6 Å². The Labute approximate surface area is 100 Å². The van der Waals surface area contributed by atoms with Crippen LogP contribution in [0, 0.1) is 5.92 Å². The molecular formula is C13H38O2. The van der Waals surface area contributed by atoms with Crippen molar-refractivity contribution in [3.63, 3.8) is 0 Å². The first kappa shape index (κ1) is 36.3. The Balaban J connectivity index is -0.0000000215. The third-order valence-electron chi connectivity index (χ3n) is 0.908. The molecule has 0 aromatic rings. The molecule has 0 amide bonds. The van der Waals surface area contributed by atoms with E-state index in [0.29, 0.717) is 5.92 Å². The molecule has 0 atom stereocenters. The van der Waals surface area contributed by atoms with Gasteiger partial charge in [-0.25, -0.2) is 0 Å². The number of methoxy groups -OCH3 is 2. The van der Waals surface area contributed by atoms with Crippen LogP contribution in [0.25, 0.3) is 0 Å². The zero-order valence-corrected chi connectivity index (χ0v) is 8.52. The molecule has 0 spiro atoms. The van der Waals surface area contributed by atoms with Gasteiger partial charge in [-0.2, -0.15) is 0 Å². The van der Waals surface area contributed by atoms with Gasteiger partial charge in [-0.15, -0.1) is 0 Å². The average Bonchev–Trinajstić information content (AvgIpc) is 1.90. The van der Waals surface area contributed by atoms with Crippen molar-refractivity contribution in [3.05, 3.63) is 0 Å². The number of rotatable bonds is 4. The van der Waals surface area contributed by atoms with Crippen molar-refractivity contribution in [1.82, 2.24) is 0 Å². The van der Waals surface area contributed by atoms with Gasteiger partial charge in [0.05, 0.1) is 0 Å². The fourth-order valence-electron chi connectivity index (χ4n) is 0.537. The zero-order valence-electron chi connectivity index (χ0n) is 8.52. The van der Waals surface area contributed by atoms with E-state index in [1.165, 1.54) is 0 Å². The van der Waals surface area contributed by atoms with E-state index in [-0.39, 0.29) is 29.7 Å². The van der Waals surface area contributed by atoms with Crippen LogP contribution in [0.15, 0.2) is 0 Å². The highest BCUT2D eigenvalue weighted by Crippen LogP contribution is 1.88. The van der Waals surface area contributed by atoms with Crippen LogP contribution in [-0.2, 0) is 9.47 Å². The summed E-state index contributed by atoms with van der Waals surface area (Å²) in [4.78, 5) is 0. The first-order valence-electron chi connectivity index (χ1n) is 4.16. The molecule has 0 heterocycles. The van der Waals surface area contributed by atoms with Gasteiger partial charge >= 0.3 is 0 Å². The lowest BCUT2D eigenvalue weighted by atomic mass is 10.2. The molecule has 0 N–H and O–H groups in total. The Morgan fingerprint density at radius 2 is 1.27 bits per heavy atom. The molecule has 0 bridgehead atoms. The second-order valence-corrected chi connectivity index (χ2v) is 2.84. The van der Waals surface area contributed by atoms with Crippen LogP contribution in [0.3, 0.4) is 0 Å². The molecule has 102 valence electrons. The monoisotopic (exact) mass is 226 g/mol. The first-order valence-corrected chi connectivity index (χ1v) is 4.16. The van der Waals surface area contributed by atoms with Crippen LogP contribution in [0.2, 0.25) is 0 Å². The third-order valence-corrected chi connectivity index (χ3v) is 0.908. The highest BCUT2D eigenvalue weighted by Gasteiger charge is 1.85. The van der Waals surface area contributed by atoms with Crippen LogP contribution in [0.4, 0.5) is 0 Å². The van der Waals surface area contributed by atoms with Crippen molar-refractivity contribution in [1.29, 1.82) is 0 Å². The minimum absolute atomic E-state index is 0. The van der Waals surface area contributed by atoms with Gasteiger partial charge in [0.1, 0.15) is 0 Å². The summed E-state index contributed by atoms with van der Waals surface area (Å²) in [5, 5.41) is 0. The van der Waals surface area contributed by atoms with Crippen molar-refractivity contribution in [2.24, 2.45) is 5.92 Å². The largest absolute Gasteiger partial charge is 0.385 e. The van der Waals surface area contributed by atoms with E-state index >= 15 is 0 Å². The van der Waals surface area contributed by atoms with Crippen LogP contribution in [-0.4, -0.2) is 27.4 Å². The molecule has 0 aliphatic rings. The fraction of sp³-hybridized carbons (Fsp3) is 1.00. The molecule has 0 aliphatic heterocycles. The molecule has 0 saturated carbocycles. The molecule has 0 aliphatic carbocycles. The Bertz CT molecular complexity index is 52.5. The molecule has 0 aromatic carbocycles. The molecular weight excluding hydrogens is 188 g/mol. The summed E-state index contributed by atoms with van der Waals surface area (Å²) in [7, 11) is 3.43. The van der Waals surface area contributed by atoms with E-state index in [1.807, 2.05) is 0 Å². The Kier molecular flexibility index (Phi) is 89.7. The van der Waals surface area contributed by atoms with E-state index in [1.54, 1.807) is 14.2 Å². The highest BCUT2D eigenvalue weighted by molar-refractivity contribution is 4.35. The molecule has 0 saturated heterocycles. The first-order chi connectivity index (χ1) is 5.18. The minimum Gasteiger partial charge on any atom is -0.385 e. The van der Waals surface area contributed by atoms with Gasteiger partial charge in [0.25, 0.3) is 0 Å². The zero-order chi connectivity index (χ0) is 9.11. The van der Waals surface area contributed by atoms with Gasteiger partial charge in [0, 0.05) is 27.4 Å². The van der Waals surface area contributed by atoms with E-state index in [9.17, 15) is 0 Å². The van der Waals surface area contributed by atoms with Gasteiger partial charge in [-0.05, 0) is 12.3 Å². The smallest absolute Gasteiger partial charge is 0.0485 e. The second kappa shape index (κ2) is 37.0. The van der Waals surface area contributed by atoms with Gasteiger partial charge in [-0.1, -0.05) is 50.5 Å². The summed E-state index contributed by atoms with van der Waals surface area (Å²) >= 11 is 0. The molecule has 0 radical (unpaired) electrons. The minimum atomic E-state index is 0. The molecule has 0 rings (SSSR count). The molecule has 2 nitrogen and oxygen atoms in total. The van der Waals surface area contributed by atoms with E-state index in [2.05, 4.69) is 20.8 Å². The number of hydrogen-bond acceptors (Lipinski definition) is 2. The summed E-state index contributed by atoms with van der Waals surface area (Å²) in [6.45, 7) is 8.11. The van der Waals surface area contributed by atoms with E-state index in [4.69, 9.17) is 9.47 Å². The summed E-state index contributed by atoms with van der Waals surface area (Å²) in [6, 6.07) is 0. The molecule has 0 aromatic heterocycles. The maximum Gasteiger partial charge on any atom is 0.0485 e. The van der Waals surface area contributed by atoms with Crippen molar-refractivity contribution in [3.8, 4) is 0 Å².